The molecule has 7 nitrogen and oxygen atoms in total. The van der Waals surface area contributed by atoms with Gasteiger partial charge in [0.05, 0.1) is 6.20 Å². The second kappa shape index (κ2) is 7.01. The van der Waals surface area contributed by atoms with Gasteiger partial charge in [-0.2, -0.15) is 5.10 Å². The van der Waals surface area contributed by atoms with Crippen molar-refractivity contribution >= 4 is 16.9 Å². The minimum absolute atomic E-state index is 0.00948. The first-order valence-electron chi connectivity index (χ1n) is 7.27. The Hall–Kier alpha value is -2.18. The number of amides is 1. The summed E-state index contributed by atoms with van der Waals surface area (Å²) in [5.74, 6) is -0.168. The van der Waals surface area contributed by atoms with Gasteiger partial charge >= 0.3 is 0 Å². The van der Waals surface area contributed by atoms with Crippen molar-refractivity contribution in [3.8, 4) is 0 Å². The highest BCUT2D eigenvalue weighted by Crippen LogP contribution is 2.02. The third-order valence-corrected chi connectivity index (χ3v) is 3.38. The number of nitrogens with zero attached hydrogens (tertiary/aromatic N) is 4. The van der Waals surface area contributed by atoms with E-state index in [-0.39, 0.29) is 18.0 Å². The molecule has 0 saturated carbocycles. The molecule has 0 spiro atoms. The summed E-state index contributed by atoms with van der Waals surface area (Å²) in [6.07, 6.45) is 7.29. The number of fused-ring (bicyclic) bond motifs is 1. The van der Waals surface area contributed by atoms with Gasteiger partial charge < -0.3 is 5.32 Å². The molecule has 0 aliphatic heterocycles. The maximum atomic E-state index is 12.2. The van der Waals surface area contributed by atoms with E-state index in [9.17, 15) is 9.59 Å². The Labute approximate surface area is 123 Å². The molecular weight excluding hydrogens is 270 g/mol. The van der Waals surface area contributed by atoms with E-state index < -0.39 is 0 Å². The van der Waals surface area contributed by atoms with Crippen LogP contribution in [0.1, 0.15) is 32.6 Å². The predicted molar refractivity (Wildman–Crippen MR) is 79.9 cm³/mol. The zero-order valence-corrected chi connectivity index (χ0v) is 12.5. The first-order chi connectivity index (χ1) is 10.1. The van der Waals surface area contributed by atoms with E-state index in [0.29, 0.717) is 17.6 Å². The van der Waals surface area contributed by atoms with Crippen LogP contribution in [0.2, 0.25) is 0 Å². The quantitative estimate of drug-likeness (QED) is 0.766. The molecule has 0 aliphatic carbocycles. The van der Waals surface area contributed by atoms with Crippen LogP contribution in [0.5, 0.6) is 0 Å². The zero-order chi connectivity index (χ0) is 15.2. The van der Waals surface area contributed by atoms with Crippen LogP contribution in [0, 0.1) is 0 Å². The fraction of sp³-hybridized carbons (Fsp3) is 0.571. The lowest BCUT2D eigenvalue weighted by Gasteiger charge is -2.07. The van der Waals surface area contributed by atoms with Crippen molar-refractivity contribution in [2.45, 2.75) is 39.2 Å². The van der Waals surface area contributed by atoms with Crippen molar-refractivity contribution in [1.82, 2.24) is 24.6 Å². The molecular formula is C14H21N5O2. The van der Waals surface area contributed by atoms with Gasteiger partial charge in [-0.25, -0.2) is 4.98 Å². The fourth-order valence-electron chi connectivity index (χ4n) is 2.17. The van der Waals surface area contributed by atoms with Crippen LogP contribution in [-0.4, -0.2) is 31.8 Å². The summed E-state index contributed by atoms with van der Waals surface area (Å²) >= 11 is 0. The molecule has 1 amide bonds. The van der Waals surface area contributed by atoms with E-state index in [0.717, 1.165) is 12.8 Å². The van der Waals surface area contributed by atoms with Crippen molar-refractivity contribution in [3.63, 3.8) is 0 Å². The molecule has 0 aliphatic rings. The normalized spacial score (nSPS) is 11.0. The maximum absolute atomic E-state index is 12.2. The number of hydrogen-bond acceptors (Lipinski definition) is 4. The fourth-order valence-corrected chi connectivity index (χ4v) is 2.17. The van der Waals surface area contributed by atoms with Gasteiger partial charge in [-0.05, 0) is 6.42 Å². The Morgan fingerprint density at radius 3 is 2.90 bits per heavy atom. The molecule has 1 N–H and O–H groups in total. The number of aryl methyl sites for hydroxylation is 1. The third kappa shape index (κ3) is 3.68. The molecule has 0 saturated heterocycles. The van der Waals surface area contributed by atoms with Crippen LogP contribution in [0.4, 0.5) is 0 Å². The molecule has 7 heteroatoms. The van der Waals surface area contributed by atoms with Gasteiger partial charge in [0.15, 0.2) is 5.65 Å². The lowest BCUT2D eigenvalue weighted by atomic mass is 10.2. The van der Waals surface area contributed by atoms with Crippen molar-refractivity contribution < 1.29 is 4.79 Å². The van der Waals surface area contributed by atoms with Gasteiger partial charge in [0.2, 0.25) is 5.91 Å². The van der Waals surface area contributed by atoms with Crippen LogP contribution in [0.3, 0.4) is 0 Å². The second-order valence-corrected chi connectivity index (χ2v) is 5.09. The SMILES string of the molecule is CCCCCCNC(=O)Cn1cnc2c(cnn2C)c1=O. The Bertz CT molecular complexity index is 674. The number of rotatable bonds is 7. The van der Waals surface area contributed by atoms with E-state index in [1.54, 1.807) is 7.05 Å². The third-order valence-electron chi connectivity index (χ3n) is 3.38. The molecule has 2 aromatic rings. The predicted octanol–water partition coefficient (Wildman–Crippen LogP) is 0.827. The lowest BCUT2D eigenvalue weighted by Crippen LogP contribution is -2.32. The zero-order valence-electron chi connectivity index (χ0n) is 12.5. The molecule has 21 heavy (non-hydrogen) atoms. The van der Waals surface area contributed by atoms with Crippen molar-refractivity contribution in [1.29, 1.82) is 0 Å². The number of unbranched alkanes of at least 4 members (excludes halogenated alkanes) is 3. The first kappa shape index (κ1) is 15.2. The largest absolute Gasteiger partial charge is 0.355 e. The van der Waals surface area contributed by atoms with Gasteiger partial charge in [0.1, 0.15) is 18.3 Å². The average Bonchev–Trinajstić information content (AvgIpc) is 2.84. The van der Waals surface area contributed by atoms with Gasteiger partial charge in [0, 0.05) is 13.6 Å². The Kier molecular flexibility index (Phi) is 5.08. The molecule has 0 bridgehead atoms. The lowest BCUT2D eigenvalue weighted by molar-refractivity contribution is -0.121. The second-order valence-electron chi connectivity index (χ2n) is 5.09. The minimum Gasteiger partial charge on any atom is -0.355 e. The number of carbonyl (C=O) groups is 1. The topological polar surface area (TPSA) is 81.8 Å². The first-order valence-corrected chi connectivity index (χ1v) is 7.27. The smallest absolute Gasteiger partial charge is 0.264 e. The number of aromatic nitrogens is 4. The summed E-state index contributed by atoms with van der Waals surface area (Å²) in [5.41, 5.74) is 0.283. The number of hydrogen-bond donors (Lipinski definition) is 1. The van der Waals surface area contributed by atoms with Gasteiger partial charge in [-0.15, -0.1) is 0 Å². The van der Waals surface area contributed by atoms with Crippen LogP contribution in [0.15, 0.2) is 17.3 Å². The van der Waals surface area contributed by atoms with Crippen LogP contribution in [0.25, 0.3) is 11.0 Å². The summed E-state index contributed by atoms with van der Waals surface area (Å²) in [6, 6.07) is 0. The van der Waals surface area contributed by atoms with Crippen LogP contribution < -0.4 is 10.9 Å². The number of nitrogens with one attached hydrogen (secondary N) is 1. The number of carbonyl (C=O) groups excluding carboxylic acids is 1. The molecule has 0 aromatic carbocycles. The summed E-state index contributed by atoms with van der Waals surface area (Å²) < 4.78 is 2.85. The van der Waals surface area contributed by atoms with Crippen molar-refractivity contribution in [2.75, 3.05) is 6.54 Å². The molecule has 2 aromatic heterocycles. The molecule has 114 valence electrons. The molecule has 2 heterocycles. The standard InChI is InChI=1S/C14H21N5O2/c1-3-4-5-6-7-15-12(20)9-19-10-16-13-11(14(19)21)8-17-18(13)2/h8,10H,3-7,9H2,1-2H3,(H,15,20). The molecule has 0 atom stereocenters. The van der Waals surface area contributed by atoms with E-state index in [2.05, 4.69) is 22.3 Å². The highest BCUT2D eigenvalue weighted by molar-refractivity contribution is 5.77. The molecule has 0 unspecified atom stereocenters. The Morgan fingerprint density at radius 2 is 2.14 bits per heavy atom. The van der Waals surface area contributed by atoms with Crippen LogP contribution >= 0.6 is 0 Å². The van der Waals surface area contributed by atoms with Crippen molar-refractivity contribution in [2.24, 2.45) is 7.05 Å². The van der Waals surface area contributed by atoms with E-state index in [4.69, 9.17) is 0 Å². The highest BCUT2D eigenvalue weighted by Gasteiger charge is 2.10. The van der Waals surface area contributed by atoms with Gasteiger partial charge in [-0.1, -0.05) is 26.2 Å². The molecule has 0 radical (unpaired) electrons. The van der Waals surface area contributed by atoms with Crippen LogP contribution in [-0.2, 0) is 18.4 Å². The van der Waals surface area contributed by atoms with E-state index in [1.807, 2.05) is 0 Å². The summed E-state index contributed by atoms with van der Waals surface area (Å²) in [7, 11) is 1.72. The summed E-state index contributed by atoms with van der Waals surface area (Å²) in [5, 5.41) is 7.25. The molecule has 0 fully saturated rings. The van der Waals surface area contributed by atoms with Crippen molar-refractivity contribution in [3.05, 3.63) is 22.9 Å². The minimum atomic E-state index is -0.241. The van der Waals surface area contributed by atoms with Gasteiger partial charge in [-0.3, -0.25) is 18.8 Å². The van der Waals surface area contributed by atoms with E-state index in [1.165, 1.54) is 34.6 Å². The average molecular weight is 291 g/mol. The monoisotopic (exact) mass is 291 g/mol. The maximum Gasteiger partial charge on any atom is 0.264 e. The molecule has 2 rings (SSSR count). The Balaban J connectivity index is 1.95. The van der Waals surface area contributed by atoms with Gasteiger partial charge in [0.25, 0.3) is 5.56 Å². The summed E-state index contributed by atoms with van der Waals surface area (Å²) in [6.45, 7) is 2.78. The highest BCUT2D eigenvalue weighted by atomic mass is 16.2. The van der Waals surface area contributed by atoms with E-state index >= 15 is 0 Å². The summed E-state index contributed by atoms with van der Waals surface area (Å²) in [4.78, 5) is 28.2. The Morgan fingerprint density at radius 1 is 1.33 bits per heavy atom.